The molecule has 0 spiro atoms. The van der Waals surface area contributed by atoms with Gasteiger partial charge in [-0.05, 0) is 31.0 Å². The standard InChI is InChI=1S/C17H21N3O2S/c21-11-13-6-7-20(9-13)10-15-12-23-16(19-15)8-18-17(22)14-4-2-1-3-5-14/h1-5,12-13,21H,6-11H2,(H,18,22). The highest BCUT2D eigenvalue weighted by molar-refractivity contribution is 7.09. The summed E-state index contributed by atoms with van der Waals surface area (Å²) in [5.74, 6) is 0.325. The maximum atomic E-state index is 12.0. The second kappa shape index (κ2) is 7.68. The quantitative estimate of drug-likeness (QED) is 0.848. The molecule has 0 saturated carbocycles. The number of amides is 1. The molecule has 2 aromatic rings. The van der Waals surface area contributed by atoms with E-state index in [1.165, 1.54) is 0 Å². The molecule has 1 atom stereocenters. The van der Waals surface area contributed by atoms with Crippen LogP contribution in [0.2, 0.25) is 0 Å². The van der Waals surface area contributed by atoms with Gasteiger partial charge < -0.3 is 10.4 Å². The number of hydrogen-bond acceptors (Lipinski definition) is 5. The normalized spacial score (nSPS) is 18.2. The van der Waals surface area contributed by atoms with Gasteiger partial charge in [0.2, 0.25) is 0 Å². The van der Waals surface area contributed by atoms with Gasteiger partial charge in [-0.3, -0.25) is 9.69 Å². The lowest BCUT2D eigenvalue weighted by Gasteiger charge is -2.13. The second-order valence-electron chi connectivity index (χ2n) is 5.85. The molecule has 1 saturated heterocycles. The summed E-state index contributed by atoms with van der Waals surface area (Å²) >= 11 is 1.57. The van der Waals surface area contributed by atoms with Crippen LogP contribution >= 0.6 is 11.3 Å². The van der Waals surface area contributed by atoms with E-state index in [0.29, 0.717) is 18.0 Å². The van der Waals surface area contributed by atoms with Crippen molar-refractivity contribution >= 4 is 17.2 Å². The molecule has 0 bridgehead atoms. The number of aliphatic hydroxyl groups is 1. The van der Waals surface area contributed by atoms with Gasteiger partial charge in [0, 0.05) is 30.6 Å². The van der Waals surface area contributed by atoms with Crippen LogP contribution in [0.1, 0.15) is 27.5 Å². The summed E-state index contributed by atoms with van der Waals surface area (Å²) in [6.07, 6.45) is 1.06. The lowest BCUT2D eigenvalue weighted by Crippen LogP contribution is -2.23. The van der Waals surface area contributed by atoms with Gasteiger partial charge in [0.15, 0.2) is 0 Å². The Balaban J connectivity index is 1.49. The van der Waals surface area contributed by atoms with Crippen molar-refractivity contribution in [1.29, 1.82) is 0 Å². The summed E-state index contributed by atoms with van der Waals surface area (Å²) in [4.78, 5) is 18.9. The molecule has 1 aliphatic rings. The Bertz CT molecular complexity index is 644. The fraction of sp³-hybridized carbons (Fsp3) is 0.412. The van der Waals surface area contributed by atoms with Gasteiger partial charge in [-0.15, -0.1) is 11.3 Å². The Kier molecular flexibility index (Phi) is 5.38. The van der Waals surface area contributed by atoms with Crippen molar-refractivity contribution in [3.05, 3.63) is 52.0 Å². The van der Waals surface area contributed by atoms with Crippen molar-refractivity contribution in [3.8, 4) is 0 Å². The number of hydrogen-bond donors (Lipinski definition) is 2. The van der Waals surface area contributed by atoms with E-state index in [0.717, 1.165) is 36.8 Å². The van der Waals surface area contributed by atoms with Gasteiger partial charge >= 0.3 is 0 Å². The minimum Gasteiger partial charge on any atom is -0.396 e. The van der Waals surface area contributed by atoms with Gasteiger partial charge in [0.05, 0.1) is 12.2 Å². The smallest absolute Gasteiger partial charge is 0.251 e. The van der Waals surface area contributed by atoms with Crippen LogP contribution in [0.3, 0.4) is 0 Å². The number of thiazole rings is 1. The van der Waals surface area contributed by atoms with E-state index in [9.17, 15) is 9.90 Å². The van der Waals surface area contributed by atoms with Crippen LogP contribution in [0.5, 0.6) is 0 Å². The Morgan fingerprint density at radius 2 is 2.22 bits per heavy atom. The lowest BCUT2D eigenvalue weighted by atomic mass is 10.1. The monoisotopic (exact) mass is 331 g/mol. The van der Waals surface area contributed by atoms with E-state index in [2.05, 4.69) is 20.6 Å². The van der Waals surface area contributed by atoms with Crippen LogP contribution in [0.25, 0.3) is 0 Å². The highest BCUT2D eigenvalue weighted by atomic mass is 32.1. The minimum atomic E-state index is -0.0762. The first kappa shape index (κ1) is 16.1. The minimum absolute atomic E-state index is 0.0762. The highest BCUT2D eigenvalue weighted by Crippen LogP contribution is 2.19. The van der Waals surface area contributed by atoms with E-state index < -0.39 is 0 Å². The number of rotatable bonds is 6. The first-order valence-electron chi connectivity index (χ1n) is 7.84. The molecule has 0 radical (unpaired) electrons. The van der Waals surface area contributed by atoms with Crippen LogP contribution in [0.4, 0.5) is 0 Å². The molecular formula is C17H21N3O2S. The summed E-state index contributed by atoms with van der Waals surface area (Å²) < 4.78 is 0. The largest absolute Gasteiger partial charge is 0.396 e. The van der Waals surface area contributed by atoms with Gasteiger partial charge in [-0.25, -0.2) is 4.98 Å². The lowest BCUT2D eigenvalue weighted by molar-refractivity contribution is 0.0951. The third-order valence-corrected chi connectivity index (χ3v) is 4.95. The molecule has 0 aliphatic carbocycles. The molecule has 1 unspecified atom stereocenters. The average Bonchev–Trinajstić information content (AvgIpc) is 3.23. The van der Waals surface area contributed by atoms with E-state index in [-0.39, 0.29) is 12.5 Å². The zero-order chi connectivity index (χ0) is 16.1. The van der Waals surface area contributed by atoms with Crippen molar-refractivity contribution in [2.45, 2.75) is 19.5 Å². The van der Waals surface area contributed by atoms with Gasteiger partial charge in [0.1, 0.15) is 5.01 Å². The number of nitrogens with one attached hydrogen (secondary N) is 1. The van der Waals surface area contributed by atoms with Crippen LogP contribution in [-0.2, 0) is 13.1 Å². The molecule has 6 heteroatoms. The van der Waals surface area contributed by atoms with Crippen LogP contribution in [-0.4, -0.2) is 40.6 Å². The molecule has 3 rings (SSSR count). The Labute approximate surface area is 140 Å². The van der Waals surface area contributed by atoms with Crippen molar-refractivity contribution in [2.24, 2.45) is 5.92 Å². The summed E-state index contributed by atoms with van der Waals surface area (Å²) in [6, 6.07) is 9.20. The molecule has 2 heterocycles. The molecule has 1 aromatic heterocycles. The first-order chi connectivity index (χ1) is 11.2. The van der Waals surface area contributed by atoms with E-state index in [1.54, 1.807) is 23.5 Å². The topological polar surface area (TPSA) is 65.5 Å². The van der Waals surface area contributed by atoms with Crippen molar-refractivity contribution in [1.82, 2.24) is 15.2 Å². The zero-order valence-electron chi connectivity index (χ0n) is 12.9. The predicted molar refractivity (Wildman–Crippen MR) is 90.2 cm³/mol. The Hall–Kier alpha value is -1.76. The number of likely N-dealkylation sites (tertiary alicyclic amines) is 1. The van der Waals surface area contributed by atoms with E-state index in [1.807, 2.05) is 18.2 Å². The maximum absolute atomic E-state index is 12.0. The summed E-state index contributed by atoms with van der Waals surface area (Å²) in [6.45, 7) is 3.50. The number of aromatic nitrogens is 1. The maximum Gasteiger partial charge on any atom is 0.251 e. The van der Waals surface area contributed by atoms with Crippen molar-refractivity contribution in [2.75, 3.05) is 19.7 Å². The molecule has 23 heavy (non-hydrogen) atoms. The van der Waals surface area contributed by atoms with Gasteiger partial charge in [-0.1, -0.05) is 18.2 Å². The number of carbonyl (C=O) groups excluding carboxylic acids is 1. The van der Waals surface area contributed by atoms with E-state index in [4.69, 9.17) is 0 Å². The molecule has 1 fully saturated rings. The SMILES string of the molecule is O=C(NCc1nc(CN2CCC(CO)C2)cs1)c1ccccc1. The van der Waals surface area contributed by atoms with Crippen LogP contribution < -0.4 is 5.32 Å². The van der Waals surface area contributed by atoms with Crippen LogP contribution in [0, 0.1) is 5.92 Å². The third kappa shape index (κ3) is 4.37. The second-order valence-corrected chi connectivity index (χ2v) is 6.80. The van der Waals surface area contributed by atoms with Crippen LogP contribution in [0.15, 0.2) is 35.7 Å². The molecule has 122 valence electrons. The molecular weight excluding hydrogens is 310 g/mol. The molecule has 2 N–H and O–H groups in total. The van der Waals surface area contributed by atoms with Gasteiger partial charge in [0.25, 0.3) is 5.91 Å². The molecule has 5 nitrogen and oxygen atoms in total. The Morgan fingerprint density at radius 3 is 2.96 bits per heavy atom. The summed E-state index contributed by atoms with van der Waals surface area (Å²) in [7, 11) is 0. The number of carbonyl (C=O) groups is 1. The summed E-state index contributed by atoms with van der Waals surface area (Å²) in [5, 5.41) is 15.1. The third-order valence-electron chi connectivity index (χ3n) is 4.05. The fourth-order valence-corrected chi connectivity index (χ4v) is 3.51. The number of aliphatic hydroxyl groups excluding tert-OH is 1. The number of nitrogens with zero attached hydrogens (tertiary/aromatic N) is 2. The van der Waals surface area contributed by atoms with Gasteiger partial charge in [-0.2, -0.15) is 0 Å². The Morgan fingerprint density at radius 1 is 1.39 bits per heavy atom. The molecule has 1 aromatic carbocycles. The fourth-order valence-electron chi connectivity index (χ4n) is 2.78. The average molecular weight is 331 g/mol. The first-order valence-corrected chi connectivity index (χ1v) is 8.72. The predicted octanol–water partition coefficient (Wildman–Crippen LogP) is 1.89. The van der Waals surface area contributed by atoms with Crippen molar-refractivity contribution in [3.63, 3.8) is 0 Å². The van der Waals surface area contributed by atoms with E-state index >= 15 is 0 Å². The molecule has 1 aliphatic heterocycles. The summed E-state index contributed by atoms with van der Waals surface area (Å²) in [5.41, 5.74) is 1.70. The number of benzene rings is 1. The zero-order valence-corrected chi connectivity index (χ0v) is 13.8. The van der Waals surface area contributed by atoms with Crippen molar-refractivity contribution < 1.29 is 9.90 Å². The molecule has 1 amide bonds. The highest BCUT2D eigenvalue weighted by Gasteiger charge is 2.22.